The van der Waals surface area contributed by atoms with Crippen LogP contribution in [-0.2, 0) is 11.3 Å². The summed E-state index contributed by atoms with van der Waals surface area (Å²) in [7, 11) is 1.38. The van der Waals surface area contributed by atoms with Crippen LogP contribution in [0.3, 0.4) is 0 Å². The number of nitrogens with zero attached hydrogens (tertiary/aromatic N) is 1. The average Bonchev–Trinajstić information content (AvgIpc) is 2.74. The third-order valence-electron chi connectivity index (χ3n) is 2.87. The van der Waals surface area contributed by atoms with Crippen molar-refractivity contribution in [2.75, 3.05) is 13.7 Å². The first kappa shape index (κ1) is 9.27. The van der Waals surface area contributed by atoms with Crippen LogP contribution in [0, 0.1) is 0 Å². The zero-order valence-electron chi connectivity index (χ0n) is 8.90. The Kier molecular flexibility index (Phi) is 1.89. The fourth-order valence-electron chi connectivity index (χ4n) is 2.11. The van der Waals surface area contributed by atoms with Gasteiger partial charge in [-0.3, -0.25) is 0 Å². The summed E-state index contributed by atoms with van der Waals surface area (Å²) in [6.07, 6.45) is 2.01. The summed E-state index contributed by atoms with van der Waals surface area (Å²) in [5, 5.41) is 1.09. The number of methoxy groups -OCH3 is 1. The maximum absolute atomic E-state index is 11.6. The minimum atomic E-state index is -0.355. The lowest BCUT2D eigenvalue weighted by Gasteiger charge is -2.19. The van der Waals surface area contributed by atoms with Crippen molar-refractivity contribution >= 4 is 16.9 Å². The molecule has 0 atom stereocenters. The van der Waals surface area contributed by atoms with Crippen LogP contribution in [-0.4, -0.2) is 24.3 Å². The summed E-state index contributed by atoms with van der Waals surface area (Å²) in [6.45, 7) is 1.41. The summed E-state index contributed by atoms with van der Waals surface area (Å²) in [5.74, 6) is 0.284. The van der Waals surface area contributed by atoms with E-state index in [1.165, 1.54) is 7.11 Å². The van der Waals surface area contributed by atoms with Crippen molar-refractivity contribution < 1.29 is 14.3 Å². The molecule has 4 nitrogen and oxygen atoms in total. The lowest BCUT2D eigenvalue weighted by molar-refractivity contribution is 0.0595. The normalized spacial score (nSPS) is 13.6. The first-order chi connectivity index (χ1) is 7.81. The van der Waals surface area contributed by atoms with Gasteiger partial charge in [0.15, 0.2) is 5.75 Å². The van der Waals surface area contributed by atoms with E-state index in [1.54, 1.807) is 6.07 Å². The van der Waals surface area contributed by atoms with E-state index >= 15 is 0 Å². The van der Waals surface area contributed by atoms with Crippen molar-refractivity contribution in [1.82, 2.24) is 4.57 Å². The Morgan fingerprint density at radius 3 is 3.12 bits per heavy atom. The van der Waals surface area contributed by atoms with Crippen LogP contribution in [0.1, 0.15) is 10.4 Å². The molecule has 3 rings (SSSR count). The van der Waals surface area contributed by atoms with E-state index in [0.717, 1.165) is 17.4 Å². The van der Waals surface area contributed by atoms with Crippen LogP contribution < -0.4 is 4.74 Å². The van der Waals surface area contributed by atoms with Gasteiger partial charge in [-0.15, -0.1) is 0 Å². The molecule has 0 N–H and O–H groups in total. The molecular weight excluding hydrogens is 206 g/mol. The number of aromatic nitrogens is 1. The fourth-order valence-corrected chi connectivity index (χ4v) is 2.11. The van der Waals surface area contributed by atoms with Gasteiger partial charge in [0.25, 0.3) is 0 Å². The highest BCUT2D eigenvalue weighted by Gasteiger charge is 2.21. The Morgan fingerprint density at radius 1 is 1.44 bits per heavy atom. The highest BCUT2D eigenvalue weighted by atomic mass is 16.5. The van der Waals surface area contributed by atoms with E-state index in [0.29, 0.717) is 17.9 Å². The second kappa shape index (κ2) is 3.27. The van der Waals surface area contributed by atoms with Crippen molar-refractivity contribution in [3.05, 3.63) is 30.0 Å². The number of rotatable bonds is 1. The molecule has 2 aromatic rings. The molecule has 0 unspecified atom stereocenters. The van der Waals surface area contributed by atoms with Crippen LogP contribution in [0.4, 0.5) is 0 Å². The zero-order chi connectivity index (χ0) is 11.1. The molecule has 1 aromatic carbocycles. The quantitative estimate of drug-likeness (QED) is 0.684. The van der Waals surface area contributed by atoms with E-state index in [4.69, 9.17) is 9.47 Å². The summed E-state index contributed by atoms with van der Waals surface area (Å²) in [5.41, 5.74) is 1.48. The molecule has 0 fully saturated rings. The lowest BCUT2D eigenvalue weighted by Crippen LogP contribution is -2.16. The van der Waals surface area contributed by atoms with Gasteiger partial charge in [-0.25, -0.2) is 4.79 Å². The number of esters is 1. The third-order valence-corrected chi connectivity index (χ3v) is 2.87. The summed E-state index contributed by atoms with van der Waals surface area (Å²) in [4.78, 5) is 11.6. The van der Waals surface area contributed by atoms with Crippen LogP contribution in [0.5, 0.6) is 5.75 Å². The SMILES string of the molecule is COC(=O)c1ccc2ccn3c2c1OCC3. The Balaban J connectivity index is 2.32. The van der Waals surface area contributed by atoms with Gasteiger partial charge in [0.1, 0.15) is 12.2 Å². The summed E-state index contributed by atoms with van der Waals surface area (Å²) < 4.78 is 12.4. The average molecular weight is 217 g/mol. The van der Waals surface area contributed by atoms with Crippen molar-refractivity contribution in [3.63, 3.8) is 0 Å². The molecule has 1 aliphatic heterocycles. The molecule has 0 spiro atoms. The molecule has 0 radical (unpaired) electrons. The van der Waals surface area contributed by atoms with Crippen molar-refractivity contribution in [2.45, 2.75) is 6.54 Å². The Hall–Kier alpha value is -1.97. The van der Waals surface area contributed by atoms with E-state index < -0.39 is 0 Å². The second-order valence-electron chi connectivity index (χ2n) is 3.73. The summed E-state index contributed by atoms with van der Waals surface area (Å²) >= 11 is 0. The highest BCUT2D eigenvalue weighted by Crippen LogP contribution is 2.33. The van der Waals surface area contributed by atoms with Crippen LogP contribution in [0.25, 0.3) is 10.9 Å². The van der Waals surface area contributed by atoms with Gasteiger partial charge in [-0.1, -0.05) is 6.07 Å². The van der Waals surface area contributed by atoms with Crippen LogP contribution >= 0.6 is 0 Å². The molecule has 0 aliphatic carbocycles. The molecule has 2 heterocycles. The Morgan fingerprint density at radius 2 is 2.31 bits per heavy atom. The topological polar surface area (TPSA) is 40.5 Å². The van der Waals surface area contributed by atoms with Crippen molar-refractivity contribution in [3.8, 4) is 5.75 Å². The minimum Gasteiger partial charge on any atom is -0.489 e. The van der Waals surface area contributed by atoms with Crippen LogP contribution in [0.2, 0.25) is 0 Å². The Bertz CT molecular complexity index is 571. The molecule has 0 saturated carbocycles. The molecule has 0 bridgehead atoms. The molecule has 16 heavy (non-hydrogen) atoms. The number of carbonyl (C=O) groups is 1. The number of hydrogen-bond donors (Lipinski definition) is 0. The van der Waals surface area contributed by atoms with Gasteiger partial charge in [0.05, 0.1) is 19.2 Å². The van der Waals surface area contributed by atoms with Gasteiger partial charge in [0, 0.05) is 11.6 Å². The van der Waals surface area contributed by atoms with E-state index in [9.17, 15) is 4.79 Å². The highest BCUT2D eigenvalue weighted by molar-refractivity contribution is 6.00. The molecule has 0 saturated heterocycles. The smallest absolute Gasteiger partial charge is 0.341 e. The maximum Gasteiger partial charge on any atom is 0.341 e. The minimum absolute atomic E-state index is 0.355. The van der Waals surface area contributed by atoms with Gasteiger partial charge in [0.2, 0.25) is 0 Å². The number of benzene rings is 1. The predicted octanol–water partition coefficient (Wildman–Crippen LogP) is 1.82. The van der Waals surface area contributed by atoms with Gasteiger partial charge in [-0.05, 0) is 12.1 Å². The molecule has 1 aliphatic rings. The number of carbonyl (C=O) groups excluding carboxylic acids is 1. The van der Waals surface area contributed by atoms with E-state index in [-0.39, 0.29) is 5.97 Å². The molecule has 82 valence electrons. The largest absolute Gasteiger partial charge is 0.489 e. The van der Waals surface area contributed by atoms with E-state index in [1.807, 2.05) is 18.3 Å². The number of hydrogen-bond acceptors (Lipinski definition) is 3. The second-order valence-corrected chi connectivity index (χ2v) is 3.73. The van der Waals surface area contributed by atoms with Crippen molar-refractivity contribution in [2.24, 2.45) is 0 Å². The van der Waals surface area contributed by atoms with E-state index in [2.05, 4.69) is 4.57 Å². The van der Waals surface area contributed by atoms with Crippen LogP contribution in [0.15, 0.2) is 24.4 Å². The molecule has 1 aromatic heterocycles. The van der Waals surface area contributed by atoms with Gasteiger partial charge < -0.3 is 14.0 Å². The van der Waals surface area contributed by atoms with Gasteiger partial charge in [-0.2, -0.15) is 0 Å². The first-order valence-electron chi connectivity index (χ1n) is 5.14. The van der Waals surface area contributed by atoms with Crippen molar-refractivity contribution in [1.29, 1.82) is 0 Å². The maximum atomic E-state index is 11.6. The fraction of sp³-hybridized carbons (Fsp3) is 0.250. The molecular formula is C12H11NO3. The molecule has 0 amide bonds. The van der Waals surface area contributed by atoms with Gasteiger partial charge >= 0.3 is 5.97 Å². The third kappa shape index (κ3) is 1.13. The standard InChI is InChI=1S/C12H11NO3/c1-15-12(14)9-3-2-8-4-5-13-6-7-16-11(9)10(8)13/h2-5H,6-7H2,1H3. The zero-order valence-corrected chi connectivity index (χ0v) is 8.90. The monoisotopic (exact) mass is 217 g/mol. The lowest BCUT2D eigenvalue weighted by atomic mass is 10.1. The Labute approximate surface area is 92.4 Å². The number of ether oxygens (including phenoxy) is 2. The predicted molar refractivity (Wildman–Crippen MR) is 58.8 cm³/mol. The summed E-state index contributed by atoms with van der Waals surface area (Å²) in [6, 6.07) is 5.68. The molecule has 4 heteroatoms. The first-order valence-corrected chi connectivity index (χ1v) is 5.14.